The second-order valence-electron chi connectivity index (χ2n) is 9.74. The first-order chi connectivity index (χ1) is 18.7. The molecule has 0 fully saturated rings. The van der Waals surface area contributed by atoms with Crippen LogP contribution in [0.4, 0.5) is 15.8 Å². The van der Waals surface area contributed by atoms with Crippen LogP contribution in [-0.4, -0.2) is 13.3 Å². The Morgan fingerprint density at radius 3 is 2.58 bits per heavy atom. The van der Waals surface area contributed by atoms with Crippen LogP contribution in [0, 0.1) is 11.7 Å². The molecule has 6 rings (SSSR count). The Labute approximate surface area is 222 Å². The van der Waals surface area contributed by atoms with Crippen molar-refractivity contribution < 1.29 is 13.9 Å². The minimum absolute atomic E-state index is 0.263. The van der Waals surface area contributed by atoms with E-state index in [0.29, 0.717) is 29.9 Å². The number of allylic oxidation sites excluding steroid dienone is 2. The van der Waals surface area contributed by atoms with Crippen molar-refractivity contribution in [2.24, 2.45) is 10.9 Å². The Morgan fingerprint density at radius 2 is 1.76 bits per heavy atom. The average molecular weight is 505 g/mol. The van der Waals surface area contributed by atoms with Crippen molar-refractivity contribution in [1.82, 2.24) is 0 Å². The van der Waals surface area contributed by atoms with Gasteiger partial charge in [-0.25, -0.2) is 4.39 Å². The van der Waals surface area contributed by atoms with E-state index >= 15 is 0 Å². The number of para-hydroxylation sites is 1. The molecule has 1 aliphatic heterocycles. The van der Waals surface area contributed by atoms with Gasteiger partial charge in [0.2, 0.25) is 0 Å². The number of nitrogens with zero attached hydrogens (tertiary/aromatic N) is 1. The molecule has 5 heteroatoms. The molecule has 0 aromatic heterocycles. The van der Waals surface area contributed by atoms with Gasteiger partial charge >= 0.3 is 0 Å². The van der Waals surface area contributed by atoms with E-state index in [0.717, 1.165) is 23.2 Å². The Kier molecular flexibility index (Phi) is 6.65. The molecule has 2 aliphatic rings. The van der Waals surface area contributed by atoms with Crippen molar-refractivity contribution in [3.63, 3.8) is 0 Å². The number of halogens is 1. The van der Waals surface area contributed by atoms with Gasteiger partial charge in [-0.05, 0) is 83.1 Å². The highest BCUT2D eigenvalue weighted by atomic mass is 19.1. The van der Waals surface area contributed by atoms with E-state index in [9.17, 15) is 4.39 Å². The average Bonchev–Trinajstić information content (AvgIpc) is 3.46. The molecule has 0 bridgehead atoms. The Hall–Kier alpha value is -4.38. The number of nitrogens with one attached hydrogen (secondary N) is 1. The third-order valence-electron chi connectivity index (χ3n) is 7.38. The summed E-state index contributed by atoms with van der Waals surface area (Å²) in [6, 6.07) is 29.4. The summed E-state index contributed by atoms with van der Waals surface area (Å²) in [6.07, 6.45) is 7.59. The summed E-state index contributed by atoms with van der Waals surface area (Å²) < 4.78 is 24.6. The highest BCUT2D eigenvalue weighted by molar-refractivity contribution is 5.83. The summed E-state index contributed by atoms with van der Waals surface area (Å²) in [6.45, 7) is 0.329. The smallest absolute Gasteiger partial charge is 0.161 e. The van der Waals surface area contributed by atoms with E-state index in [2.05, 4.69) is 71.0 Å². The third kappa shape index (κ3) is 4.92. The van der Waals surface area contributed by atoms with Crippen LogP contribution in [0.25, 0.3) is 0 Å². The van der Waals surface area contributed by atoms with Crippen molar-refractivity contribution in [3.05, 3.63) is 131 Å². The number of hydrogen-bond acceptors (Lipinski definition) is 4. The second kappa shape index (κ2) is 10.5. The van der Waals surface area contributed by atoms with E-state index in [-0.39, 0.29) is 11.9 Å². The normalized spacial score (nSPS) is 19.6. The zero-order valence-electron chi connectivity index (χ0n) is 21.2. The third-order valence-corrected chi connectivity index (χ3v) is 7.38. The molecule has 4 aromatic rings. The first-order valence-corrected chi connectivity index (χ1v) is 12.9. The van der Waals surface area contributed by atoms with Gasteiger partial charge in [-0.15, -0.1) is 0 Å². The number of ether oxygens (including phenoxy) is 2. The van der Waals surface area contributed by atoms with Gasteiger partial charge in [-0.2, -0.15) is 0 Å². The van der Waals surface area contributed by atoms with Crippen molar-refractivity contribution in [1.29, 1.82) is 0 Å². The van der Waals surface area contributed by atoms with Crippen LogP contribution in [0.15, 0.2) is 108 Å². The fourth-order valence-electron chi connectivity index (χ4n) is 5.42. The Bertz CT molecular complexity index is 1480. The van der Waals surface area contributed by atoms with Gasteiger partial charge in [0.15, 0.2) is 11.5 Å². The highest BCUT2D eigenvalue weighted by Crippen LogP contribution is 2.49. The quantitative estimate of drug-likeness (QED) is 0.205. The SMILES string of the molecule is COc1cc(C=Nc2ccc([C@@H]3Nc4ccccc4[C@H]4C=CC[C@H]43)cc2)ccc1OCc1ccc(F)cc1. The lowest BCUT2D eigenvalue weighted by atomic mass is 9.77. The van der Waals surface area contributed by atoms with Gasteiger partial charge in [0, 0.05) is 17.8 Å². The zero-order valence-corrected chi connectivity index (χ0v) is 21.2. The van der Waals surface area contributed by atoms with Gasteiger partial charge in [-0.1, -0.05) is 54.6 Å². The molecule has 190 valence electrons. The summed E-state index contributed by atoms with van der Waals surface area (Å²) in [5.41, 5.74) is 6.58. The topological polar surface area (TPSA) is 42.8 Å². The number of aliphatic imine (C=N–C) groups is 1. The van der Waals surface area contributed by atoms with Crippen molar-refractivity contribution >= 4 is 17.6 Å². The molecule has 1 aliphatic carbocycles. The second-order valence-corrected chi connectivity index (χ2v) is 9.74. The van der Waals surface area contributed by atoms with Gasteiger partial charge in [0.05, 0.1) is 18.8 Å². The van der Waals surface area contributed by atoms with E-state index < -0.39 is 0 Å². The van der Waals surface area contributed by atoms with Crippen LogP contribution in [0.5, 0.6) is 11.5 Å². The molecule has 0 spiro atoms. The molecule has 38 heavy (non-hydrogen) atoms. The Balaban J connectivity index is 1.14. The van der Waals surface area contributed by atoms with Crippen LogP contribution in [-0.2, 0) is 6.61 Å². The molecule has 4 aromatic carbocycles. The lowest BCUT2D eigenvalue weighted by molar-refractivity contribution is 0.284. The maximum Gasteiger partial charge on any atom is 0.161 e. The minimum Gasteiger partial charge on any atom is -0.493 e. The fraction of sp³-hybridized carbons (Fsp3) is 0.182. The Morgan fingerprint density at radius 1 is 0.947 bits per heavy atom. The predicted octanol–water partition coefficient (Wildman–Crippen LogP) is 7.99. The van der Waals surface area contributed by atoms with Gasteiger partial charge < -0.3 is 14.8 Å². The first-order valence-electron chi connectivity index (χ1n) is 12.9. The van der Waals surface area contributed by atoms with Gasteiger partial charge in [-0.3, -0.25) is 4.99 Å². The molecule has 0 amide bonds. The lowest BCUT2D eigenvalue weighted by Crippen LogP contribution is -2.28. The van der Waals surface area contributed by atoms with Crippen LogP contribution >= 0.6 is 0 Å². The number of methoxy groups -OCH3 is 1. The fourth-order valence-corrected chi connectivity index (χ4v) is 5.42. The van der Waals surface area contributed by atoms with Crippen LogP contribution in [0.3, 0.4) is 0 Å². The monoisotopic (exact) mass is 504 g/mol. The summed E-state index contributed by atoms with van der Waals surface area (Å²) in [5, 5.41) is 3.78. The molecular formula is C33H29FN2O2. The maximum atomic E-state index is 13.1. The summed E-state index contributed by atoms with van der Waals surface area (Å²) in [4.78, 5) is 4.68. The number of fused-ring (bicyclic) bond motifs is 3. The van der Waals surface area contributed by atoms with E-state index in [1.807, 2.05) is 24.4 Å². The lowest BCUT2D eigenvalue weighted by Gasteiger charge is -2.37. The molecule has 4 nitrogen and oxygen atoms in total. The molecule has 1 heterocycles. The zero-order chi connectivity index (χ0) is 25.9. The minimum atomic E-state index is -0.263. The molecule has 3 atom stereocenters. The van der Waals surface area contributed by atoms with Gasteiger partial charge in [0.25, 0.3) is 0 Å². The van der Waals surface area contributed by atoms with Crippen molar-refractivity contribution in [2.45, 2.75) is 25.0 Å². The van der Waals surface area contributed by atoms with Crippen LogP contribution in [0.1, 0.15) is 40.6 Å². The number of hydrogen-bond donors (Lipinski definition) is 1. The molecular weight excluding hydrogens is 475 g/mol. The van der Waals surface area contributed by atoms with Crippen molar-refractivity contribution in [3.8, 4) is 11.5 Å². The number of rotatable bonds is 7. The molecule has 0 unspecified atom stereocenters. The summed E-state index contributed by atoms with van der Waals surface area (Å²) in [5.74, 6) is 1.97. The van der Waals surface area contributed by atoms with E-state index in [1.54, 1.807) is 19.2 Å². The summed E-state index contributed by atoms with van der Waals surface area (Å²) >= 11 is 0. The van der Waals surface area contributed by atoms with E-state index in [4.69, 9.17) is 9.47 Å². The molecule has 0 radical (unpaired) electrons. The first kappa shape index (κ1) is 24.0. The van der Waals surface area contributed by atoms with Crippen LogP contribution < -0.4 is 14.8 Å². The van der Waals surface area contributed by atoms with Crippen LogP contribution in [0.2, 0.25) is 0 Å². The van der Waals surface area contributed by atoms with E-state index in [1.165, 1.54) is 28.9 Å². The van der Waals surface area contributed by atoms with Gasteiger partial charge in [0.1, 0.15) is 12.4 Å². The maximum absolute atomic E-state index is 13.1. The van der Waals surface area contributed by atoms with Crippen molar-refractivity contribution in [2.75, 3.05) is 12.4 Å². The molecule has 1 N–H and O–H groups in total. The highest BCUT2D eigenvalue weighted by Gasteiger charge is 2.37. The number of benzene rings is 4. The largest absolute Gasteiger partial charge is 0.493 e. The summed E-state index contributed by atoms with van der Waals surface area (Å²) in [7, 11) is 1.61. The molecule has 0 saturated heterocycles. The molecule has 0 saturated carbocycles. The standard InChI is InChI=1S/C33H29FN2O2/c1-37-32-19-23(11-18-31(32)38-21-22-9-14-25(34)15-10-22)20-35-26-16-12-24(13-17-26)33-29-7-4-6-27(29)28-5-2-3-8-30(28)36-33/h2-6,8-20,27,29,33,36H,7,21H2,1H3/t27-,29-,33+/m1/s1. The number of anilines is 1. The predicted molar refractivity (Wildman–Crippen MR) is 150 cm³/mol.